The Morgan fingerprint density at radius 3 is 2.37 bits per heavy atom. The van der Waals surface area contributed by atoms with Gasteiger partial charge in [-0.3, -0.25) is 4.79 Å². The van der Waals surface area contributed by atoms with Crippen molar-refractivity contribution >= 4 is 51.2 Å². The summed E-state index contributed by atoms with van der Waals surface area (Å²) in [5.41, 5.74) is 1.45. The molecule has 0 spiro atoms. The number of carbonyl (C=O) groups excluding carboxylic acids is 2. The summed E-state index contributed by atoms with van der Waals surface area (Å²) in [6, 6.07) is 21.8. The fraction of sp³-hybridized carbons (Fsp3) is 0. The zero-order chi connectivity index (χ0) is 21.5. The lowest BCUT2D eigenvalue weighted by Gasteiger charge is -2.06. The van der Waals surface area contributed by atoms with Crippen LogP contribution in [0.1, 0.15) is 15.9 Å². The highest BCUT2D eigenvalue weighted by Gasteiger charge is 2.11. The van der Waals surface area contributed by atoms with Crippen LogP contribution in [0, 0.1) is 11.3 Å². The highest BCUT2D eigenvalue weighted by atomic mass is 79.9. The van der Waals surface area contributed by atoms with E-state index in [9.17, 15) is 14.9 Å². The molecule has 30 heavy (non-hydrogen) atoms. The van der Waals surface area contributed by atoms with Gasteiger partial charge in [-0.2, -0.15) is 5.26 Å². The molecule has 0 aliphatic rings. The first-order valence-corrected chi connectivity index (χ1v) is 9.88. The number of anilines is 1. The number of nitriles is 1. The zero-order valence-corrected chi connectivity index (χ0v) is 17.8. The Morgan fingerprint density at radius 2 is 1.73 bits per heavy atom. The van der Waals surface area contributed by atoms with Crippen LogP contribution in [0.5, 0.6) is 5.75 Å². The van der Waals surface area contributed by atoms with E-state index in [1.54, 1.807) is 72.8 Å². The first-order valence-electron chi connectivity index (χ1n) is 8.71. The SMILES string of the molecule is N#CC(=Cc1ccc(OC(=O)c2ccc(Br)cc2)cc1)C(=O)Nc1cccc(Cl)c1. The van der Waals surface area contributed by atoms with Gasteiger partial charge in [0.15, 0.2) is 0 Å². The first-order chi connectivity index (χ1) is 14.4. The van der Waals surface area contributed by atoms with Crippen LogP contribution >= 0.6 is 27.5 Å². The van der Waals surface area contributed by atoms with Crippen LogP contribution in [0.15, 0.2) is 82.8 Å². The second kappa shape index (κ2) is 9.88. The zero-order valence-electron chi connectivity index (χ0n) is 15.4. The lowest BCUT2D eigenvalue weighted by Crippen LogP contribution is -2.13. The van der Waals surface area contributed by atoms with Crippen molar-refractivity contribution in [2.75, 3.05) is 5.32 Å². The molecule has 1 amide bonds. The summed E-state index contributed by atoms with van der Waals surface area (Å²) in [7, 11) is 0. The molecule has 3 aromatic carbocycles. The smallest absolute Gasteiger partial charge is 0.343 e. The molecule has 0 unspecified atom stereocenters. The predicted molar refractivity (Wildman–Crippen MR) is 119 cm³/mol. The maximum atomic E-state index is 12.3. The van der Waals surface area contributed by atoms with Crippen molar-refractivity contribution in [3.05, 3.63) is 99.0 Å². The van der Waals surface area contributed by atoms with Gasteiger partial charge in [-0.05, 0) is 66.2 Å². The summed E-state index contributed by atoms with van der Waals surface area (Å²) >= 11 is 9.21. The van der Waals surface area contributed by atoms with Crippen molar-refractivity contribution in [2.24, 2.45) is 0 Å². The number of hydrogen-bond acceptors (Lipinski definition) is 4. The molecule has 0 bridgehead atoms. The Balaban J connectivity index is 1.68. The summed E-state index contributed by atoms with van der Waals surface area (Å²) < 4.78 is 6.20. The Morgan fingerprint density at radius 1 is 1.03 bits per heavy atom. The molecule has 0 aromatic heterocycles. The lowest BCUT2D eigenvalue weighted by molar-refractivity contribution is -0.112. The van der Waals surface area contributed by atoms with Crippen LogP contribution in [-0.2, 0) is 4.79 Å². The third-order valence-corrected chi connectivity index (χ3v) is 4.69. The summed E-state index contributed by atoms with van der Waals surface area (Å²) in [4.78, 5) is 24.5. The second-order valence-electron chi connectivity index (χ2n) is 6.10. The molecule has 7 heteroatoms. The molecule has 0 aliphatic carbocycles. The number of nitrogens with zero attached hydrogens (tertiary/aromatic N) is 1. The Kier molecular flexibility index (Phi) is 7.02. The number of carbonyl (C=O) groups is 2. The van der Waals surface area contributed by atoms with E-state index in [1.165, 1.54) is 6.08 Å². The summed E-state index contributed by atoms with van der Waals surface area (Å²) in [5.74, 6) is -0.683. The summed E-state index contributed by atoms with van der Waals surface area (Å²) in [6.45, 7) is 0. The van der Waals surface area contributed by atoms with Gasteiger partial charge < -0.3 is 10.1 Å². The Labute approximate surface area is 186 Å². The van der Waals surface area contributed by atoms with E-state index in [4.69, 9.17) is 16.3 Å². The van der Waals surface area contributed by atoms with Gasteiger partial charge in [0.05, 0.1) is 5.56 Å². The molecule has 0 saturated carbocycles. The van der Waals surface area contributed by atoms with Crippen molar-refractivity contribution in [2.45, 2.75) is 0 Å². The topological polar surface area (TPSA) is 79.2 Å². The van der Waals surface area contributed by atoms with E-state index in [0.29, 0.717) is 27.6 Å². The molecule has 0 aliphatic heterocycles. The molecule has 5 nitrogen and oxygen atoms in total. The van der Waals surface area contributed by atoms with E-state index in [-0.39, 0.29) is 5.57 Å². The maximum Gasteiger partial charge on any atom is 0.343 e. The molecule has 0 radical (unpaired) electrons. The van der Waals surface area contributed by atoms with Gasteiger partial charge in [0, 0.05) is 15.2 Å². The number of esters is 1. The molecule has 3 aromatic rings. The van der Waals surface area contributed by atoms with Gasteiger partial charge >= 0.3 is 5.97 Å². The lowest BCUT2D eigenvalue weighted by atomic mass is 10.1. The van der Waals surface area contributed by atoms with Gasteiger partial charge in [-0.1, -0.05) is 45.7 Å². The standard InChI is InChI=1S/C23H14BrClN2O3/c24-18-8-6-16(7-9-18)23(29)30-21-10-4-15(5-11-21)12-17(14-26)22(28)27-20-3-1-2-19(25)13-20/h1-13H,(H,27,28). The molecule has 1 N–H and O–H groups in total. The molecule has 148 valence electrons. The van der Waals surface area contributed by atoms with Crippen molar-refractivity contribution in [3.8, 4) is 11.8 Å². The molecular formula is C23H14BrClN2O3. The number of halogens is 2. The number of amides is 1. The summed E-state index contributed by atoms with van der Waals surface area (Å²) in [5, 5.41) is 12.4. The average molecular weight is 482 g/mol. The average Bonchev–Trinajstić information content (AvgIpc) is 2.73. The number of nitrogens with one attached hydrogen (secondary N) is 1. The third kappa shape index (κ3) is 5.80. The molecular weight excluding hydrogens is 468 g/mol. The van der Waals surface area contributed by atoms with E-state index >= 15 is 0 Å². The molecule has 0 fully saturated rings. The van der Waals surface area contributed by atoms with Gasteiger partial charge in [0.1, 0.15) is 17.4 Å². The van der Waals surface area contributed by atoms with E-state index < -0.39 is 11.9 Å². The fourth-order valence-electron chi connectivity index (χ4n) is 2.46. The highest BCUT2D eigenvalue weighted by molar-refractivity contribution is 9.10. The van der Waals surface area contributed by atoms with Crippen LogP contribution < -0.4 is 10.1 Å². The van der Waals surface area contributed by atoms with Crippen molar-refractivity contribution < 1.29 is 14.3 Å². The fourth-order valence-corrected chi connectivity index (χ4v) is 2.92. The monoisotopic (exact) mass is 480 g/mol. The van der Waals surface area contributed by atoms with Crippen molar-refractivity contribution in [1.82, 2.24) is 0 Å². The third-order valence-electron chi connectivity index (χ3n) is 3.93. The highest BCUT2D eigenvalue weighted by Crippen LogP contribution is 2.19. The maximum absolute atomic E-state index is 12.3. The number of benzene rings is 3. The minimum Gasteiger partial charge on any atom is -0.423 e. The Hall–Kier alpha value is -3.40. The van der Waals surface area contributed by atoms with E-state index in [1.807, 2.05) is 6.07 Å². The van der Waals surface area contributed by atoms with Gasteiger partial charge in [-0.15, -0.1) is 0 Å². The van der Waals surface area contributed by atoms with Gasteiger partial charge in [0.25, 0.3) is 5.91 Å². The largest absolute Gasteiger partial charge is 0.423 e. The van der Waals surface area contributed by atoms with Crippen LogP contribution in [0.3, 0.4) is 0 Å². The normalized spacial score (nSPS) is 10.8. The molecule has 0 heterocycles. The van der Waals surface area contributed by atoms with Crippen molar-refractivity contribution in [1.29, 1.82) is 5.26 Å². The van der Waals surface area contributed by atoms with Crippen LogP contribution in [0.25, 0.3) is 6.08 Å². The summed E-state index contributed by atoms with van der Waals surface area (Å²) in [6.07, 6.45) is 1.44. The Bertz CT molecular complexity index is 1150. The molecule has 0 saturated heterocycles. The minimum absolute atomic E-state index is 0.0745. The van der Waals surface area contributed by atoms with Gasteiger partial charge in [0.2, 0.25) is 0 Å². The quantitative estimate of drug-likeness (QED) is 0.214. The predicted octanol–water partition coefficient (Wildman–Crippen LogP) is 5.87. The van der Waals surface area contributed by atoms with E-state index in [0.717, 1.165) is 4.47 Å². The number of rotatable bonds is 5. The molecule has 3 rings (SSSR count). The first kappa shape index (κ1) is 21.3. The van der Waals surface area contributed by atoms with Crippen molar-refractivity contribution in [3.63, 3.8) is 0 Å². The molecule has 0 atom stereocenters. The van der Waals surface area contributed by atoms with Gasteiger partial charge in [-0.25, -0.2) is 4.79 Å². The van der Waals surface area contributed by atoms with Crippen LogP contribution in [-0.4, -0.2) is 11.9 Å². The van der Waals surface area contributed by atoms with Crippen LogP contribution in [0.2, 0.25) is 5.02 Å². The number of ether oxygens (including phenoxy) is 1. The second-order valence-corrected chi connectivity index (χ2v) is 7.45. The number of hydrogen-bond donors (Lipinski definition) is 1. The minimum atomic E-state index is -0.550. The van der Waals surface area contributed by atoms with Crippen LogP contribution in [0.4, 0.5) is 5.69 Å². The van der Waals surface area contributed by atoms with E-state index in [2.05, 4.69) is 21.2 Å².